The van der Waals surface area contributed by atoms with Crippen LogP contribution in [0.15, 0.2) is 47.4 Å². The predicted octanol–water partition coefficient (Wildman–Crippen LogP) is 3.91. The second-order valence-electron chi connectivity index (χ2n) is 6.43. The van der Waals surface area contributed by atoms with Gasteiger partial charge >= 0.3 is 5.97 Å². The van der Waals surface area contributed by atoms with Crippen molar-refractivity contribution >= 4 is 44.9 Å². The number of carbonyl (C=O) groups excluding carboxylic acids is 1. The average Bonchev–Trinajstić information content (AvgIpc) is 2.70. The number of esters is 1. The first-order valence-electron chi connectivity index (χ1n) is 8.60. The van der Waals surface area contributed by atoms with Gasteiger partial charge in [0.25, 0.3) is 5.69 Å². The van der Waals surface area contributed by atoms with Crippen LogP contribution >= 0.6 is 23.2 Å². The summed E-state index contributed by atoms with van der Waals surface area (Å²) in [6.45, 7) is 0.260. The Labute approximate surface area is 177 Å². The van der Waals surface area contributed by atoms with E-state index in [2.05, 4.69) is 0 Å². The molecule has 29 heavy (non-hydrogen) atoms. The number of nitrogens with zero attached hydrogens (tertiary/aromatic N) is 2. The van der Waals surface area contributed by atoms with Crippen LogP contribution < -0.4 is 4.74 Å². The summed E-state index contributed by atoms with van der Waals surface area (Å²) in [6, 6.07) is 9.40. The van der Waals surface area contributed by atoms with E-state index in [1.54, 1.807) is 0 Å². The first-order valence-corrected chi connectivity index (χ1v) is 10.8. The Hall–Kier alpha value is -2.20. The quantitative estimate of drug-likeness (QED) is 0.291. The molecule has 0 amide bonds. The summed E-state index contributed by atoms with van der Waals surface area (Å²) in [7, 11) is -3.84. The van der Waals surface area contributed by atoms with Crippen LogP contribution in [-0.4, -0.2) is 36.7 Å². The SMILES string of the molecule is O=C(Oc1ccc([N+](=O)[O-])cc1)C1CCN(S(=O)(=O)c2cc(Cl)ccc2Cl)CC1. The van der Waals surface area contributed by atoms with Gasteiger partial charge in [-0.3, -0.25) is 14.9 Å². The van der Waals surface area contributed by atoms with E-state index < -0.39 is 26.8 Å². The monoisotopic (exact) mass is 458 g/mol. The van der Waals surface area contributed by atoms with Gasteiger partial charge in [0.15, 0.2) is 0 Å². The summed E-state index contributed by atoms with van der Waals surface area (Å²) in [5.74, 6) is -0.787. The number of carbonyl (C=O) groups is 1. The van der Waals surface area contributed by atoms with Crippen molar-refractivity contribution in [3.05, 3.63) is 62.6 Å². The molecule has 1 saturated heterocycles. The molecule has 11 heteroatoms. The lowest BCUT2D eigenvalue weighted by Crippen LogP contribution is -2.41. The lowest BCUT2D eigenvalue weighted by molar-refractivity contribution is -0.384. The highest BCUT2D eigenvalue weighted by Crippen LogP contribution is 2.31. The largest absolute Gasteiger partial charge is 0.426 e. The summed E-state index contributed by atoms with van der Waals surface area (Å²) < 4.78 is 32.2. The molecule has 3 rings (SSSR count). The van der Waals surface area contributed by atoms with E-state index in [0.29, 0.717) is 0 Å². The molecule has 1 aliphatic rings. The third-order valence-corrected chi connectivity index (χ3v) is 7.18. The van der Waals surface area contributed by atoms with Gasteiger partial charge in [-0.2, -0.15) is 4.31 Å². The minimum atomic E-state index is -3.84. The maximum atomic E-state index is 12.8. The maximum absolute atomic E-state index is 12.8. The topological polar surface area (TPSA) is 107 Å². The Morgan fingerprint density at radius 2 is 1.72 bits per heavy atom. The smallest absolute Gasteiger partial charge is 0.314 e. The van der Waals surface area contributed by atoms with Crippen LogP contribution in [0.5, 0.6) is 5.75 Å². The summed E-state index contributed by atoms with van der Waals surface area (Å²) in [5.41, 5.74) is -0.108. The third-order valence-electron chi connectivity index (χ3n) is 4.56. The molecule has 2 aromatic carbocycles. The molecule has 8 nitrogen and oxygen atoms in total. The van der Waals surface area contributed by atoms with Crippen LogP contribution in [0.2, 0.25) is 10.0 Å². The van der Waals surface area contributed by atoms with E-state index in [0.717, 1.165) is 0 Å². The number of benzene rings is 2. The average molecular weight is 459 g/mol. The first kappa shape index (κ1) is 21.5. The zero-order valence-corrected chi connectivity index (χ0v) is 17.3. The van der Waals surface area contributed by atoms with Crippen LogP contribution in [0.1, 0.15) is 12.8 Å². The van der Waals surface area contributed by atoms with Crippen LogP contribution in [0, 0.1) is 16.0 Å². The highest BCUT2D eigenvalue weighted by atomic mass is 35.5. The molecule has 154 valence electrons. The van der Waals surface area contributed by atoms with E-state index in [1.807, 2.05) is 0 Å². The Morgan fingerprint density at radius 1 is 1.10 bits per heavy atom. The molecule has 0 saturated carbocycles. The van der Waals surface area contributed by atoms with Gasteiger partial charge in [0.2, 0.25) is 10.0 Å². The molecule has 0 aliphatic carbocycles. The van der Waals surface area contributed by atoms with Gasteiger partial charge in [0, 0.05) is 30.2 Å². The fraction of sp³-hybridized carbons (Fsp3) is 0.278. The lowest BCUT2D eigenvalue weighted by Gasteiger charge is -2.30. The molecule has 2 aromatic rings. The second-order valence-corrected chi connectivity index (χ2v) is 9.18. The van der Waals surface area contributed by atoms with Gasteiger partial charge in [-0.05, 0) is 43.2 Å². The van der Waals surface area contributed by atoms with Crippen LogP contribution in [0.4, 0.5) is 5.69 Å². The van der Waals surface area contributed by atoms with Crippen LogP contribution in [0.3, 0.4) is 0 Å². The zero-order valence-electron chi connectivity index (χ0n) is 15.0. The summed E-state index contributed by atoms with van der Waals surface area (Å²) in [5, 5.41) is 11.0. The minimum Gasteiger partial charge on any atom is -0.426 e. The Kier molecular flexibility index (Phi) is 6.42. The van der Waals surface area contributed by atoms with Gasteiger partial charge in [0.1, 0.15) is 10.6 Å². The number of nitro benzene ring substituents is 1. The van der Waals surface area contributed by atoms with Crippen molar-refractivity contribution in [1.29, 1.82) is 0 Å². The van der Waals surface area contributed by atoms with E-state index in [-0.39, 0.29) is 52.3 Å². The Morgan fingerprint density at radius 3 is 2.31 bits per heavy atom. The normalized spacial score (nSPS) is 15.8. The highest BCUT2D eigenvalue weighted by molar-refractivity contribution is 7.89. The highest BCUT2D eigenvalue weighted by Gasteiger charge is 2.34. The standard InChI is InChI=1S/C18H16Cl2N2O6S/c19-13-1-6-16(20)17(11-13)29(26,27)21-9-7-12(8-10-21)18(23)28-15-4-2-14(3-5-15)22(24)25/h1-6,11-12H,7-10H2. The molecule has 0 spiro atoms. The molecule has 1 aliphatic heterocycles. The Bertz CT molecular complexity index is 1030. The van der Waals surface area contributed by atoms with Crippen molar-refractivity contribution in [2.75, 3.05) is 13.1 Å². The number of hydrogen-bond donors (Lipinski definition) is 0. The molecule has 0 unspecified atom stereocenters. The van der Waals surface area contributed by atoms with E-state index in [4.69, 9.17) is 27.9 Å². The fourth-order valence-electron chi connectivity index (χ4n) is 2.98. The summed E-state index contributed by atoms with van der Waals surface area (Å²) >= 11 is 11.9. The summed E-state index contributed by atoms with van der Waals surface area (Å²) in [6.07, 6.45) is 0.562. The molecule has 1 fully saturated rings. The number of piperidine rings is 1. The molecule has 1 heterocycles. The van der Waals surface area contributed by atoms with Crippen molar-refractivity contribution in [3.8, 4) is 5.75 Å². The number of halogens is 2. The Balaban J connectivity index is 1.63. The number of sulfonamides is 1. The molecule has 0 radical (unpaired) electrons. The van der Waals surface area contributed by atoms with Crippen molar-refractivity contribution in [1.82, 2.24) is 4.31 Å². The van der Waals surface area contributed by atoms with Gasteiger partial charge in [-0.15, -0.1) is 0 Å². The van der Waals surface area contributed by atoms with E-state index in [9.17, 15) is 23.3 Å². The molecule has 0 aromatic heterocycles. The van der Waals surface area contributed by atoms with Gasteiger partial charge < -0.3 is 4.74 Å². The van der Waals surface area contributed by atoms with E-state index in [1.165, 1.54) is 46.8 Å². The molecule has 0 N–H and O–H groups in total. The number of non-ortho nitro benzene ring substituents is 1. The lowest BCUT2D eigenvalue weighted by atomic mass is 9.98. The minimum absolute atomic E-state index is 0.0708. The number of rotatable bonds is 5. The van der Waals surface area contributed by atoms with Crippen molar-refractivity contribution in [2.45, 2.75) is 17.7 Å². The molecular formula is C18H16Cl2N2O6S. The van der Waals surface area contributed by atoms with Crippen molar-refractivity contribution in [2.24, 2.45) is 5.92 Å². The predicted molar refractivity (Wildman–Crippen MR) is 107 cm³/mol. The zero-order chi connectivity index (χ0) is 21.2. The van der Waals surface area contributed by atoms with Crippen LogP contribution in [-0.2, 0) is 14.8 Å². The second kappa shape index (κ2) is 8.66. The van der Waals surface area contributed by atoms with Gasteiger partial charge in [0.05, 0.1) is 15.9 Å². The number of ether oxygens (including phenoxy) is 1. The van der Waals surface area contributed by atoms with Crippen molar-refractivity contribution in [3.63, 3.8) is 0 Å². The van der Waals surface area contributed by atoms with E-state index >= 15 is 0 Å². The van der Waals surface area contributed by atoms with Crippen LogP contribution in [0.25, 0.3) is 0 Å². The fourth-order valence-corrected chi connectivity index (χ4v) is 5.19. The molecular weight excluding hydrogens is 443 g/mol. The third kappa shape index (κ3) is 4.87. The van der Waals surface area contributed by atoms with Gasteiger partial charge in [-0.1, -0.05) is 23.2 Å². The number of hydrogen-bond acceptors (Lipinski definition) is 6. The summed E-state index contributed by atoms with van der Waals surface area (Å²) in [4.78, 5) is 22.4. The molecule has 0 bridgehead atoms. The molecule has 0 atom stereocenters. The van der Waals surface area contributed by atoms with Gasteiger partial charge in [-0.25, -0.2) is 8.42 Å². The van der Waals surface area contributed by atoms with Crippen molar-refractivity contribution < 1.29 is 22.9 Å². The maximum Gasteiger partial charge on any atom is 0.314 e. The number of nitro groups is 1. The first-order chi connectivity index (χ1) is 13.7.